The van der Waals surface area contributed by atoms with Gasteiger partial charge in [0.1, 0.15) is 9.84 Å². The van der Waals surface area contributed by atoms with Gasteiger partial charge in [-0.1, -0.05) is 6.42 Å². The fourth-order valence-electron chi connectivity index (χ4n) is 2.30. The fraction of sp³-hybridized carbons (Fsp3) is 1.00. The number of ether oxygens (including phenoxy) is 1. The van der Waals surface area contributed by atoms with Gasteiger partial charge in [0.15, 0.2) is 0 Å². The molecule has 96 valence electrons. The Morgan fingerprint density at radius 1 is 1.31 bits per heavy atom. The molecule has 0 saturated heterocycles. The summed E-state index contributed by atoms with van der Waals surface area (Å²) < 4.78 is 27.3. The summed E-state index contributed by atoms with van der Waals surface area (Å²) in [6, 6.07) is 0. The maximum atomic E-state index is 10.9. The summed E-state index contributed by atoms with van der Waals surface area (Å²) >= 11 is 0. The zero-order valence-electron chi connectivity index (χ0n) is 10.0. The van der Waals surface area contributed by atoms with Crippen molar-refractivity contribution in [3.8, 4) is 0 Å². The molecule has 2 N–H and O–H groups in total. The minimum Gasteiger partial charge on any atom is -0.381 e. The summed E-state index contributed by atoms with van der Waals surface area (Å²) in [6.45, 7) is 2.03. The first-order valence-corrected chi connectivity index (χ1v) is 8.04. The van der Waals surface area contributed by atoms with Crippen molar-refractivity contribution in [2.24, 2.45) is 17.6 Å². The summed E-state index contributed by atoms with van der Waals surface area (Å²) in [7, 11) is -2.84. The lowest BCUT2D eigenvalue weighted by molar-refractivity contribution is 0.0877. The first kappa shape index (κ1) is 13.9. The molecule has 1 rings (SSSR count). The Kier molecular flexibility index (Phi) is 5.72. The molecule has 0 spiro atoms. The van der Waals surface area contributed by atoms with Crippen molar-refractivity contribution in [2.45, 2.75) is 25.7 Å². The molecular formula is C11H23NO3S. The first-order chi connectivity index (χ1) is 7.53. The molecule has 1 fully saturated rings. The Morgan fingerprint density at radius 3 is 2.62 bits per heavy atom. The largest absolute Gasteiger partial charge is 0.381 e. The Hall–Kier alpha value is -0.130. The molecule has 0 aromatic heterocycles. The van der Waals surface area contributed by atoms with Crippen molar-refractivity contribution in [1.29, 1.82) is 0 Å². The van der Waals surface area contributed by atoms with E-state index in [1.54, 1.807) is 0 Å². The number of sulfone groups is 1. The molecule has 16 heavy (non-hydrogen) atoms. The zero-order valence-corrected chi connectivity index (χ0v) is 10.8. The van der Waals surface area contributed by atoms with Gasteiger partial charge in [-0.2, -0.15) is 0 Å². The van der Waals surface area contributed by atoms with E-state index in [0.717, 1.165) is 13.2 Å². The van der Waals surface area contributed by atoms with Crippen LogP contribution in [0, 0.1) is 11.8 Å². The lowest BCUT2D eigenvalue weighted by Gasteiger charge is -2.17. The van der Waals surface area contributed by atoms with Crippen LogP contribution >= 0.6 is 0 Å². The molecule has 0 aromatic rings. The molecule has 1 aliphatic carbocycles. The van der Waals surface area contributed by atoms with Crippen LogP contribution in [0.15, 0.2) is 0 Å². The highest BCUT2D eigenvalue weighted by Crippen LogP contribution is 2.30. The summed E-state index contributed by atoms with van der Waals surface area (Å²) in [4.78, 5) is 0. The van der Waals surface area contributed by atoms with Crippen LogP contribution < -0.4 is 5.73 Å². The Balaban J connectivity index is 2.07. The highest BCUT2D eigenvalue weighted by molar-refractivity contribution is 7.90. The van der Waals surface area contributed by atoms with Crippen LogP contribution in [0.25, 0.3) is 0 Å². The number of rotatable bonds is 7. The van der Waals surface area contributed by atoms with Crippen molar-refractivity contribution >= 4 is 9.84 Å². The van der Waals surface area contributed by atoms with E-state index in [-0.39, 0.29) is 5.75 Å². The minimum atomic E-state index is -2.84. The van der Waals surface area contributed by atoms with E-state index in [4.69, 9.17) is 10.5 Å². The van der Waals surface area contributed by atoms with E-state index < -0.39 is 9.84 Å². The molecule has 4 nitrogen and oxygen atoms in total. The molecule has 0 amide bonds. The van der Waals surface area contributed by atoms with Crippen molar-refractivity contribution in [3.05, 3.63) is 0 Å². The van der Waals surface area contributed by atoms with Gasteiger partial charge in [-0.25, -0.2) is 8.42 Å². The van der Waals surface area contributed by atoms with Crippen LogP contribution in [0.2, 0.25) is 0 Å². The third kappa shape index (κ3) is 5.27. The zero-order chi connectivity index (χ0) is 12.0. The highest BCUT2D eigenvalue weighted by atomic mass is 32.2. The molecule has 2 atom stereocenters. The van der Waals surface area contributed by atoms with Crippen molar-refractivity contribution in [2.75, 3.05) is 31.8 Å². The quantitative estimate of drug-likeness (QED) is 0.678. The summed E-state index contributed by atoms with van der Waals surface area (Å²) in [5, 5.41) is 0. The van der Waals surface area contributed by atoms with Gasteiger partial charge in [-0.05, 0) is 37.6 Å². The molecule has 1 aliphatic rings. The van der Waals surface area contributed by atoms with Crippen LogP contribution in [0.1, 0.15) is 25.7 Å². The van der Waals surface area contributed by atoms with Crippen molar-refractivity contribution < 1.29 is 13.2 Å². The normalized spacial score (nSPS) is 26.1. The number of hydrogen-bond donors (Lipinski definition) is 1. The second kappa shape index (κ2) is 6.57. The SMILES string of the molecule is CS(=O)(=O)CCCOCC1CCCC1CN. The van der Waals surface area contributed by atoms with Gasteiger partial charge in [-0.3, -0.25) is 0 Å². The number of hydrogen-bond acceptors (Lipinski definition) is 4. The number of nitrogens with two attached hydrogens (primary N) is 1. The second-order valence-corrected chi connectivity index (χ2v) is 7.00. The molecule has 0 radical (unpaired) electrons. The molecular weight excluding hydrogens is 226 g/mol. The average molecular weight is 249 g/mol. The third-order valence-electron chi connectivity index (χ3n) is 3.25. The van der Waals surface area contributed by atoms with Gasteiger partial charge in [0.2, 0.25) is 0 Å². The van der Waals surface area contributed by atoms with E-state index in [9.17, 15) is 8.42 Å². The minimum absolute atomic E-state index is 0.220. The van der Waals surface area contributed by atoms with E-state index in [1.807, 2.05) is 0 Å². The van der Waals surface area contributed by atoms with Gasteiger partial charge in [0.05, 0.1) is 5.75 Å². The van der Waals surface area contributed by atoms with E-state index in [2.05, 4.69) is 0 Å². The Bertz CT molecular complexity index is 290. The van der Waals surface area contributed by atoms with Crippen molar-refractivity contribution in [1.82, 2.24) is 0 Å². The van der Waals surface area contributed by atoms with Gasteiger partial charge >= 0.3 is 0 Å². The third-order valence-corrected chi connectivity index (χ3v) is 4.29. The topological polar surface area (TPSA) is 69.4 Å². The van der Waals surface area contributed by atoms with Crippen LogP contribution in [0.5, 0.6) is 0 Å². The lowest BCUT2D eigenvalue weighted by Crippen LogP contribution is -2.22. The standard InChI is InChI=1S/C11H23NO3S/c1-16(13,14)7-3-6-15-9-11-5-2-4-10(11)8-12/h10-11H,2-9,12H2,1H3. The van der Waals surface area contributed by atoms with Crippen LogP contribution in [-0.4, -0.2) is 40.2 Å². The van der Waals surface area contributed by atoms with Gasteiger partial charge in [-0.15, -0.1) is 0 Å². The van der Waals surface area contributed by atoms with Gasteiger partial charge < -0.3 is 10.5 Å². The highest BCUT2D eigenvalue weighted by Gasteiger charge is 2.25. The summed E-state index contributed by atoms with van der Waals surface area (Å²) in [5.41, 5.74) is 5.68. The predicted octanol–water partition coefficient (Wildman–Crippen LogP) is 0.813. The van der Waals surface area contributed by atoms with Crippen LogP contribution in [-0.2, 0) is 14.6 Å². The van der Waals surface area contributed by atoms with E-state index in [0.29, 0.717) is 24.9 Å². The van der Waals surface area contributed by atoms with E-state index in [1.165, 1.54) is 25.5 Å². The molecule has 0 bridgehead atoms. The maximum absolute atomic E-state index is 10.9. The smallest absolute Gasteiger partial charge is 0.147 e. The first-order valence-electron chi connectivity index (χ1n) is 5.98. The molecule has 5 heteroatoms. The predicted molar refractivity (Wildman–Crippen MR) is 65.0 cm³/mol. The monoisotopic (exact) mass is 249 g/mol. The van der Waals surface area contributed by atoms with Gasteiger partial charge in [0, 0.05) is 19.5 Å². The average Bonchev–Trinajstić information content (AvgIpc) is 2.63. The lowest BCUT2D eigenvalue weighted by atomic mass is 9.97. The maximum Gasteiger partial charge on any atom is 0.147 e. The molecule has 2 unspecified atom stereocenters. The van der Waals surface area contributed by atoms with E-state index >= 15 is 0 Å². The fourth-order valence-corrected chi connectivity index (χ4v) is 2.94. The molecule has 1 saturated carbocycles. The molecule has 0 aliphatic heterocycles. The summed E-state index contributed by atoms with van der Waals surface area (Å²) in [6.07, 6.45) is 5.52. The van der Waals surface area contributed by atoms with Gasteiger partial charge in [0.25, 0.3) is 0 Å². The van der Waals surface area contributed by atoms with Crippen LogP contribution in [0.4, 0.5) is 0 Å². The Labute approximate surface area is 98.5 Å². The van der Waals surface area contributed by atoms with Crippen molar-refractivity contribution in [3.63, 3.8) is 0 Å². The molecule has 0 aromatic carbocycles. The van der Waals surface area contributed by atoms with Crippen LogP contribution in [0.3, 0.4) is 0 Å². The molecule has 0 heterocycles. The Morgan fingerprint density at radius 2 is 2.00 bits per heavy atom. The summed E-state index contributed by atoms with van der Waals surface area (Å²) in [5.74, 6) is 1.41. The second-order valence-electron chi connectivity index (χ2n) is 4.75.